The highest BCUT2D eigenvalue weighted by Crippen LogP contribution is 2.44. The summed E-state index contributed by atoms with van der Waals surface area (Å²) in [7, 11) is 0. The van der Waals surface area contributed by atoms with Crippen LogP contribution in [0.5, 0.6) is 0 Å². The number of fused-ring (bicyclic) bond motifs is 6. The Bertz CT molecular complexity index is 3780. The van der Waals surface area contributed by atoms with Gasteiger partial charge in [0.15, 0.2) is 0 Å². The number of nitriles is 1. The summed E-state index contributed by atoms with van der Waals surface area (Å²) in [6.07, 6.45) is 3.63. The number of benzene rings is 9. The van der Waals surface area contributed by atoms with Gasteiger partial charge < -0.3 is 9.13 Å². The largest absolute Gasteiger partial charge is 0.307 e. The molecule has 0 aliphatic heterocycles. The van der Waals surface area contributed by atoms with Crippen molar-refractivity contribution in [3.8, 4) is 73.1 Å². The van der Waals surface area contributed by atoms with Crippen LogP contribution >= 0.6 is 0 Å². The average Bonchev–Trinajstić information content (AvgIpc) is 3.88. The molecule has 0 aliphatic rings. The zero-order chi connectivity index (χ0) is 42.6. The van der Waals surface area contributed by atoms with Gasteiger partial charge in [-0.15, -0.1) is 0 Å². The second kappa shape index (κ2) is 15.3. The van der Waals surface area contributed by atoms with Gasteiger partial charge >= 0.3 is 0 Å². The molecule has 0 bridgehead atoms. The molecule has 0 unspecified atom stereocenters. The Balaban J connectivity index is 1.19. The van der Waals surface area contributed by atoms with E-state index in [9.17, 15) is 5.26 Å². The molecule has 12 rings (SSSR count). The van der Waals surface area contributed by atoms with Gasteiger partial charge in [0.1, 0.15) is 6.07 Å². The second-order valence-electron chi connectivity index (χ2n) is 16.2. The zero-order valence-electron chi connectivity index (χ0n) is 34.7. The molecule has 0 saturated heterocycles. The molecule has 0 radical (unpaired) electrons. The summed E-state index contributed by atoms with van der Waals surface area (Å²) >= 11 is 0. The van der Waals surface area contributed by atoms with Crippen molar-refractivity contribution in [3.05, 3.63) is 236 Å². The van der Waals surface area contributed by atoms with E-state index in [0.717, 1.165) is 93.9 Å². The fourth-order valence-electron chi connectivity index (χ4n) is 9.81. The third kappa shape index (κ3) is 6.02. The van der Waals surface area contributed by atoms with Crippen LogP contribution in [0, 0.1) is 11.3 Å². The monoisotopic (exact) mass is 814 g/mol. The lowest BCUT2D eigenvalue weighted by Gasteiger charge is -2.20. The molecule has 64 heavy (non-hydrogen) atoms. The normalized spacial score (nSPS) is 11.4. The Hall–Kier alpha value is -8.78. The summed E-state index contributed by atoms with van der Waals surface area (Å²) < 4.78 is 4.72. The van der Waals surface area contributed by atoms with E-state index in [1.165, 1.54) is 16.7 Å². The molecule has 0 fully saturated rings. The number of nitrogens with zero attached hydrogens (tertiary/aromatic N) is 4. The fraction of sp³-hybridized carbons (Fsp3) is 0. The maximum Gasteiger partial charge on any atom is 0.101 e. The number of aromatic nitrogens is 3. The lowest BCUT2D eigenvalue weighted by Crippen LogP contribution is -2.07. The molecule has 0 aliphatic carbocycles. The fourth-order valence-corrected chi connectivity index (χ4v) is 9.81. The van der Waals surface area contributed by atoms with E-state index in [4.69, 9.17) is 0 Å². The molecule has 0 amide bonds. The van der Waals surface area contributed by atoms with Crippen LogP contribution in [0.3, 0.4) is 0 Å². The van der Waals surface area contributed by atoms with Gasteiger partial charge in [0, 0.05) is 33.9 Å². The van der Waals surface area contributed by atoms with Crippen molar-refractivity contribution in [3.63, 3.8) is 0 Å². The molecule has 12 aromatic rings. The summed E-state index contributed by atoms with van der Waals surface area (Å²) in [5, 5.41) is 15.9. The van der Waals surface area contributed by atoms with Crippen LogP contribution in [-0.2, 0) is 0 Å². The van der Waals surface area contributed by atoms with Crippen LogP contribution in [0.15, 0.2) is 231 Å². The summed E-state index contributed by atoms with van der Waals surface area (Å²) in [6, 6.07) is 80.3. The molecule has 3 aromatic heterocycles. The van der Waals surface area contributed by atoms with Gasteiger partial charge in [-0.05, 0) is 104 Å². The third-order valence-corrected chi connectivity index (χ3v) is 12.7. The minimum absolute atomic E-state index is 0.568. The van der Waals surface area contributed by atoms with Crippen molar-refractivity contribution < 1.29 is 0 Å². The molecule has 4 nitrogen and oxygen atoms in total. The van der Waals surface area contributed by atoms with Crippen LogP contribution in [0.25, 0.3) is 111 Å². The molecular weight excluding hydrogens is 777 g/mol. The van der Waals surface area contributed by atoms with Crippen molar-refractivity contribution in [2.45, 2.75) is 0 Å². The Morgan fingerprint density at radius 1 is 0.328 bits per heavy atom. The highest BCUT2D eigenvalue weighted by atomic mass is 15.1. The van der Waals surface area contributed by atoms with E-state index < -0.39 is 0 Å². The first kappa shape index (κ1) is 37.0. The molecule has 3 heterocycles. The Kier molecular flexibility index (Phi) is 8.84. The minimum atomic E-state index is 0.568. The predicted octanol–water partition coefficient (Wildman–Crippen LogP) is 15.5. The number of para-hydroxylation sites is 2. The quantitative estimate of drug-likeness (QED) is 0.161. The van der Waals surface area contributed by atoms with E-state index in [1.807, 2.05) is 30.6 Å². The summed E-state index contributed by atoms with van der Waals surface area (Å²) in [5.74, 6) is 0. The van der Waals surface area contributed by atoms with Gasteiger partial charge in [-0.25, -0.2) is 0 Å². The van der Waals surface area contributed by atoms with Crippen LogP contribution in [0.2, 0.25) is 0 Å². The van der Waals surface area contributed by atoms with Gasteiger partial charge in [-0.2, -0.15) is 5.26 Å². The van der Waals surface area contributed by atoms with Gasteiger partial charge in [0.05, 0.1) is 39.0 Å². The third-order valence-electron chi connectivity index (χ3n) is 12.7. The number of hydrogen-bond acceptors (Lipinski definition) is 2. The Morgan fingerprint density at radius 3 is 1.30 bits per heavy atom. The van der Waals surface area contributed by atoms with Crippen LogP contribution < -0.4 is 0 Å². The number of pyridine rings is 1. The first-order valence-corrected chi connectivity index (χ1v) is 21.6. The van der Waals surface area contributed by atoms with E-state index in [0.29, 0.717) is 5.56 Å². The summed E-state index contributed by atoms with van der Waals surface area (Å²) in [5.41, 5.74) is 17.6. The number of hydrogen-bond donors (Lipinski definition) is 0. The highest BCUT2D eigenvalue weighted by molar-refractivity contribution is 6.13. The van der Waals surface area contributed by atoms with Gasteiger partial charge in [-0.3, -0.25) is 4.98 Å². The van der Waals surface area contributed by atoms with Gasteiger partial charge in [0.2, 0.25) is 0 Å². The smallest absolute Gasteiger partial charge is 0.101 e. The first-order valence-electron chi connectivity index (χ1n) is 21.6. The molecule has 9 aromatic carbocycles. The standard InChI is InChI=1S/C60H38N4/c61-39-46-35-45(40-31-33-62-34-32-40)38-59(63-55-25-13-11-23-51(55)53-29-27-43(36-57(53)63)49-21-9-7-19-47(49)41-15-3-1-4-16-41)60(46)64-56-26-14-12-24-52(56)54-30-28-44(37-58(54)64)50-22-10-8-20-48(50)42-17-5-2-6-18-42/h1-38H. The SMILES string of the molecule is N#Cc1cc(-c2ccncc2)cc(-n2c3ccccc3c3ccc(-c4ccccc4-c4ccccc4)cc32)c1-n1c2ccccc2c2ccc(-c3ccccc3-c3ccccc3)cc21. The molecule has 0 saturated carbocycles. The van der Waals surface area contributed by atoms with E-state index in [-0.39, 0.29) is 0 Å². The maximum atomic E-state index is 11.4. The van der Waals surface area contributed by atoms with Crippen molar-refractivity contribution in [1.82, 2.24) is 14.1 Å². The first-order chi connectivity index (χ1) is 31.7. The van der Waals surface area contributed by atoms with Gasteiger partial charge in [0.25, 0.3) is 0 Å². The van der Waals surface area contributed by atoms with E-state index in [1.54, 1.807) is 0 Å². The number of rotatable bonds is 7. The summed E-state index contributed by atoms with van der Waals surface area (Å²) in [4.78, 5) is 4.35. The Morgan fingerprint density at radius 2 is 0.766 bits per heavy atom. The van der Waals surface area contributed by atoms with Crippen molar-refractivity contribution in [1.29, 1.82) is 5.26 Å². The van der Waals surface area contributed by atoms with Crippen molar-refractivity contribution >= 4 is 43.6 Å². The molecule has 0 atom stereocenters. The molecule has 0 spiro atoms. The minimum Gasteiger partial charge on any atom is -0.307 e. The van der Waals surface area contributed by atoms with E-state index >= 15 is 0 Å². The molecular formula is C60H38N4. The second-order valence-corrected chi connectivity index (χ2v) is 16.2. The average molecular weight is 815 g/mol. The van der Waals surface area contributed by atoms with Crippen molar-refractivity contribution in [2.24, 2.45) is 0 Å². The molecule has 4 heteroatoms. The zero-order valence-corrected chi connectivity index (χ0v) is 34.7. The van der Waals surface area contributed by atoms with E-state index in [2.05, 4.69) is 220 Å². The molecule has 298 valence electrons. The van der Waals surface area contributed by atoms with Crippen LogP contribution in [0.4, 0.5) is 0 Å². The lowest BCUT2D eigenvalue weighted by atomic mass is 9.94. The van der Waals surface area contributed by atoms with Crippen LogP contribution in [-0.4, -0.2) is 14.1 Å². The van der Waals surface area contributed by atoms with Crippen molar-refractivity contribution in [2.75, 3.05) is 0 Å². The summed E-state index contributed by atoms with van der Waals surface area (Å²) in [6.45, 7) is 0. The molecule has 0 N–H and O–H groups in total. The Labute approximate surface area is 370 Å². The lowest BCUT2D eigenvalue weighted by molar-refractivity contribution is 1.09. The maximum absolute atomic E-state index is 11.4. The topological polar surface area (TPSA) is 46.5 Å². The van der Waals surface area contributed by atoms with Crippen LogP contribution in [0.1, 0.15) is 5.56 Å². The predicted molar refractivity (Wildman–Crippen MR) is 265 cm³/mol. The highest BCUT2D eigenvalue weighted by Gasteiger charge is 2.24. The van der Waals surface area contributed by atoms with Gasteiger partial charge in [-0.1, -0.05) is 170 Å².